The Bertz CT molecular complexity index is 968. The summed E-state index contributed by atoms with van der Waals surface area (Å²) in [6.45, 7) is 1.81. The molecule has 28 heavy (non-hydrogen) atoms. The molecule has 1 aliphatic rings. The summed E-state index contributed by atoms with van der Waals surface area (Å²) >= 11 is 2.51. The van der Waals surface area contributed by atoms with Gasteiger partial charge in [-0.3, -0.25) is 9.59 Å². The minimum atomic E-state index is -1.08. The molecule has 3 N–H and O–H groups in total. The number of imide groups is 1. The van der Waals surface area contributed by atoms with Crippen LogP contribution in [0.25, 0.3) is 0 Å². The minimum Gasteiger partial charge on any atom is -0.478 e. The highest BCUT2D eigenvalue weighted by Gasteiger charge is 2.40. The van der Waals surface area contributed by atoms with Gasteiger partial charge in [-0.25, -0.2) is 9.69 Å². The van der Waals surface area contributed by atoms with E-state index in [0.29, 0.717) is 11.4 Å². The first-order chi connectivity index (χ1) is 13.4. The van der Waals surface area contributed by atoms with Crippen molar-refractivity contribution in [2.75, 3.05) is 4.90 Å². The summed E-state index contributed by atoms with van der Waals surface area (Å²) in [5.74, 6) is -1.88. The van der Waals surface area contributed by atoms with E-state index in [1.165, 1.54) is 35.6 Å². The second-order valence-corrected chi connectivity index (χ2v) is 8.00. The molecule has 1 fully saturated rings. The molecular formula is C18H16N4O4S2. The predicted molar refractivity (Wildman–Crippen MR) is 110 cm³/mol. The van der Waals surface area contributed by atoms with Crippen LogP contribution in [-0.2, 0) is 9.59 Å². The molecule has 0 saturated carbocycles. The first kappa shape index (κ1) is 19.8. The molecule has 3 rings (SSSR count). The standard InChI is InChI=1S/C18H16N4O4S2/c1-10(13-3-2-8-27-13)20-21-18(19)28-14-9-15(23)22(16(14)24)12-6-4-11(5-7-12)17(25)26/h2-8,14H,9H2,1H3,(H2,19,21)(H,25,26)/b20-10-/t14-/m1/s1. The van der Waals surface area contributed by atoms with Gasteiger partial charge in [0.1, 0.15) is 5.25 Å². The van der Waals surface area contributed by atoms with Crippen molar-refractivity contribution in [3.05, 3.63) is 52.2 Å². The van der Waals surface area contributed by atoms with Crippen LogP contribution in [0.2, 0.25) is 0 Å². The Labute approximate surface area is 168 Å². The topological polar surface area (TPSA) is 125 Å². The summed E-state index contributed by atoms with van der Waals surface area (Å²) in [5, 5.41) is 18.3. The van der Waals surface area contributed by atoms with Gasteiger partial charge >= 0.3 is 5.97 Å². The molecule has 0 spiro atoms. The highest BCUT2D eigenvalue weighted by molar-refractivity contribution is 8.14. The number of amidine groups is 1. The second-order valence-electron chi connectivity index (χ2n) is 5.83. The van der Waals surface area contributed by atoms with Crippen LogP contribution in [0.1, 0.15) is 28.6 Å². The fraction of sp³-hybridized carbons (Fsp3) is 0.167. The molecule has 144 valence electrons. The van der Waals surface area contributed by atoms with Gasteiger partial charge < -0.3 is 10.8 Å². The molecule has 2 amide bonds. The average Bonchev–Trinajstić information content (AvgIpc) is 3.29. The molecule has 1 saturated heterocycles. The molecule has 2 heterocycles. The Kier molecular flexibility index (Phi) is 5.90. The Morgan fingerprint density at radius 1 is 1.25 bits per heavy atom. The molecule has 2 aromatic rings. The molecule has 0 radical (unpaired) electrons. The van der Waals surface area contributed by atoms with E-state index >= 15 is 0 Å². The van der Waals surface area contributed by atoms with Crippen molar-refractivity contribution < 1.29 is 19.5 Å². The second kappa shape index (κ2) is 8.36. The van der Waals surface area contributed by atoms with Crippen LogP contribution in [0.15, 0.2) is 52.0 Å². The summed E-state index contributed by atoms with van der Waals surface area (Å²) in [6.07, 6.45) is -0.0198. The van der Waals surface area contributed by atoms with Crippen molar-refractivity contribution in [2.24, 2.45) is 15.9 Å². The molecule has 1 aliphatic heterocycles. The van der Waals surface area contributed by atoms with Crippen LogP contribution in [0.3, 0.4) is 0 Å². The number of carbonyl (C=O) groups excluding carboxylic acids is 2. The largest absolute Gasteiger partial charge is 0.478 e. The van der Waals surface area contributed by atoms with E-state index in [4.69, 9.17) is 10.8 Å². The quantitative estimate of drug-likeness (QED) is 0.334. The third kappa shape index (κ3) is 4.29. The van der Waals surface area contributed by atoms with Gasteiger partial charge in [0.15, 0.2) is 5.17 Å². The Hall–Kier alpha value is -2.98. The molecule has 8 nitrogen and oxygen atoms in total. The lowest BCUT2D eigenvalue weighted by atomic mass is 10.2. The molecule has 0 unspecified atom stereocenters. The monoisotopic (exact) mass is 416 g/mol. The number of hydrogen-bond donors (Lipinski definition) is 2. The van der Waals surface area contributed by atoms with Crippen molar-refractivity contribution in [1.82, 2.24) is 0 Å². The number of nitrogens with zero attached hydrogens (tertiary/aromatic N) is 3. The van der Waals surface area contributed by atoms with E-state index in [9.17, 15) is 14.4 Å². The lowest BCUT2D eigenvalue weighted by Crippen LogP contribution is -2.31. The van der Waals surface area contributed by atoms with E-state index in [1.54, 1.807) is 6.92 Å². The number of carbonyl (C=O) groups is 3. The molecule has 1 aromatic carbocycles. The van der Waals surface area contributed by atoms with E-state index in [2.05, 4.69) is 10.2 Å². The van der Waals surface area contributed by atoms with Gasteiger partial charge in [-0.2, -0.15) is 5.10 Å². The summed E-state index contributed by atoms with van der Waals surface area (Å²) < 4.78 is 0. The third-order valence-corrected chi connectivity index (χ3v) is 5.87. The Morgan fingerprint density at radius 3 is 2.57 bits per heavy atom. The van der Waals surface area contributed by atoms with Crippen molar-refractivity contribution in [2.45, 2.75) is 18.6 Å². The number of carboxylic acids is 1. The normalized spacial score (nSPS) is 18.0. The number of aromatic carboxylic acids is 1. The minimum absolute atomic E-state index is 0.0198. The first-order valence-electron chi connectivity index (χ1n) is 8.15. The van der Waals surface area contributed by atoms with Gasteiger partial charge in [0.25, 0.3) is 0 Å². The van der Waals surface area contributed by atoms with Gasteiger partial charge in [-0.1, -0.05) is 17.8 Å². The number of rotatable bonds is 5. The molecule has 1 atom stereocenters. The zero-order chi connectivity index (χ0) is 20.3. The number of nitrogens with two attached hydrogens (primary N) is 1. The lowest BCUT2D eigenvalue weighted by molar-refractivity contribution is -0.121. The van der Waals surface area contributed by atoms with Crippen LogP contribution in [0, 0.1) is 0 Å². The number of benzene rings is 1. The number of thioether (sulfide) groups is 1. The van der Waals surface area contributed by atoms with Gasteiger partial charge in [-0.05, 0) is 42.6 Å². The highest BCUT2D eigenvalue weighted by atomic mass is 32.2. The molecule has 0 bridgehead atoms. The number of thiophene rings is 1. The van der Waals surface area contributed by atoms with E-state index < -0.39 is 17.1 Å². The fourth-order valence-corrected chi connectivity index (χ4v) is 4.03. The zero-order valence-corrected chi connectivity index (χ0v) is 16.4. The summed E-state index contributed by atoms with van der Waals surface area (Å²) in [7, 11) is 0. The maximum atomic E-state index is 12.6. The molecule has 0 aliphatic carbocycles. The summed E-state index contributed by atoms with van der Waals surface area (Å²) in [5.41, 5.74) is 6.96. The smallest absolute Gasteiger partial charge is 0.335 e. The number of anilines is 1. The van der Waals surface area contributed by atoms with Crippen LogP contribution in [0.5, 0.6) is 0 Å². The maximum Gasteiger partial charge on any atom is 0.335 e. The van der Waals surface area contributed by atoms with Crippen LogP contribution in [-0.4, -0.2) is 39.0 Å². The van der Waals surface area contributed by atoms with E-state index in [1.807, 2.05) is 17.5 Å². The van der Waals surface area contributed by atoms with Crippen LogP contribution >= 0.6 is 23.1 Å². The zero-order valence-electron chi connectivity index (χ0n) is 14.7. The molecule has 1 aromatic heterocycles. The number of hydrogen-bond acceptors (Lipinski definition) is 7. The van der Waals surface area contributed by atoms with Crippen molar-refractivity contribution in [1.29, 1.82) is 0 Å². The lowest BCUT2D eigenvalue weighted by Gasteiger charge is -2.14. The SMILES string of the molecule is C/C(=N/N=C(N)S[C@@H]1CC(=O)N(c2ccc(C(=O)O)cc2)C1=O)c1cccs1. The Balaban J connectivity index is 1.70. The van der Waals surface area contributed by atoms with Crippen molar-refractivity contribution in [3.63, 3.8) is 0 Å². The predicted octanol–water partition coefficient (Wildman–Crippen LogP) is 2.55. The van der Waals surface area contributed by atoms with Crippen LogP contribution < -0.4 is 10.6 Å². The number of carboxylic acid groups (broad SMARTS) is 1. The van der Waals surface area contributed by atoms with Gasteiger partial charge in [0, 0.05) is 6.42 Å². The summed E-state index contributed by atoms with van der Waals surface area (Å²) in [4.78, 5) is 37.8. The first-order valence-corrected chi connectivity index (χ1v) is 9.91. The maximum absolute atomic E-state index is 12.6. The highest BCUT2D eigenvalue weighted by Crippen LogP contribution is 2.30. The van der Waals surface area contributed by atoms with Gasteiger partial charge in [0.2, 0.25) is 11.8 Å². The van der Waals surface area contributed by atoms with Gasteiger partial charge in [-0.15, -0.1) is 16.4 Å². The third-order valence-electron chi connectivity index (χ3n) is 3.92. The molecule has 10 heteroatoms. The van der Waals surface area contributed by atoms with Gasteiger partial charge in [0.05, 0.1) is 21.8 Å². The van der Waals surface area contributed by atoms with E-state index in [0.717, 1.165) is 21.5 Å². The fourth-order valence-electron chi connectivity index (χ4n) is 2.55. The number of amides is 2. The Morgan fingerprint density at radius 2 is 1.96 bits per heavy atom. The van der Waals surface area contributed by atoms with Crippen molar-refractivity contribution in [3.8, 4) is 0 Å². The molecular weight excluding hydrogens is 400 g/mol. The van der Waals surface area contributed by atoms with E-state index in [-0.39, 0.29) is 23.1 Å². The van der Waals surface area contributed by atoms with Crippen LogP contribution in [0.4, 0.5) is 5.69 Å². The summed E-state index contributed by atoms with van der Waals surface area (Å²) in [6, 6.07) is 9.36. The van der Waals surface area contributed by atoms with Crippen molar-refractivity contribution >= 4 is 57.4 Å². The average molecular weight is 416 g/mol.